The molecule has 1 unspecified atom stereocenters. The van der Waals surface area contributed by atoms with Gasteiger partial charge in [0.05, 0.1) is 11.1 Å². The van der Waals surface area contributed by atoms with Crippen LogP contribution in [0, 0.1) is 5.92 Å². The number of thiophene rings is 1. The van der Waals surface area contributed by atoms with Crippen LogP contribution < -0.4 is 11.1 Å². The maximum absolute atomic E-state index is 12.6. The summed E-state index contributed by atoms with van der Waals surface area (Å²) in [4.78, 5) is 27.7. The molecule has 1 amide bonds. The highest BCUT2D eigenvalue weighted by atomic mass is 32.1. The first-order valence-corrected chi connectivity index (χ1v) is 8.51. The molecule has 118 valence electrons. The lowest BCUT2D eigenvalue weighted by Crippen LogP contribution is -2.16. The minimum absolute atomic E-state index is 0.0951. The smallest absolute Gasteiger partial charge is 0.408 e. The van der Waals surface area contributed by atoms with Crippen LogP contribution in [0.5, 0.6) is 0 Å². The van der Waals surface area contributed by atoms with Crippen LogP contribution in [-0.4, -0.2) is 10.9 Å². The van der Waals surface area contributed by atoms with Crippen molar-refractivity contribution in [3.63, 3.8) is 0 Å². The van der Waals surface area contributed by atoms with E-state index in [4.69, 9.17) is 4.42 Å². The van der Waals surface area contributed by atoms with Gasteiger partial charge in [-0.3, -0.25) is 9.78 Å². The van der Waals surface area contributed by atoms with Gasteiger partial charge in [0.1, 0.15) is 0 Å². The normalized spacial score (nSPS) is 17.2. The molecule has 1 atom stereocenters. The number of fused-ring (bicyclic) bond motifs is 2. The number of anilines is 1. The van der Waals surface area contributed by atoms with Gasteiger partial charge >= 0.3 is 5.76 Å². The van der Waals surface area contributed by atoms with Gasteiger partial charge in [-0.15, -0.1) is 11.3 Å². The van der Waals surface area contributed by atoms with Crippen LogP contribution in [0.15, 0.2) is 32.8 Å². The highest BCUT2D eigenvalue weighted by molar-refractivity contribution is 7.10. The summed E-state index contributed by atoms with van der Waals surface area (Å²) in [6.07, 6.45) is 3.17. The van der Waals surface area contributed by atoms with Gasteiger partial charge in [-0.2, -0.15) is 0 Å². The lowest BCUT2D eigenvalue weighted by atomic mass is 9.88. The van der Waals surface area contributed by atoms with Gasteiger partial charge < -0.3 is 9.73 Å². The third kappa shape index (κ3) is 2.59. The van der Waals surface area contributed by atoms with Crippen molar-refractivity contribution in [2.75, 3.05) is 5.32 Å². The molecular formula is C17H16N2O3S. The number of oxazole rings is 1. The third-order valence-corrected chi connectivity index (χ3v) is 5.37. The second-order valence-electron chi connectivity index (χ2n) is 6.08. The molecule has 0 aliphatic heterocycles. The number of benzene rings is 1. The fraction of sp³-hybridized carbons (Fsp3) is 0.294. The summed E-state index contributed by atoms with van der Waals surface area (Å²) < 4.78 is 4.96. The van der Waals surface area contributed by atoms with E-state index in [1.165, 1.54) is 10.4 Å². The van der Waals surface area contributed by atoms with Crippen LogP contribution in [0.2, 0.25) is 0 Å². The number of H-pyrrole nitrogens is 1. The van der Waals surface area contributed by atoms with Crippen molar-refractivity contribution in [2.45, 2.75) is 26.2 Å². The van der Waals surface area contributed by atoms with Crippen molar-refractivity contribution in [2.24, 2.45) is 5.92 Å². The van der Waals surface area contributed by atoms with E-state index in [0.717, 1.165) is 24.8 Å². The highest BCUT2D eigenvalue weighted by Gasteiger charge is 2.23. The summed E-state index contributed by atoms with van der Waals surface area (Å²) in [7, 11) is 0. The molecule has 3 aromatic rings. The average molecular weight is 328 g/mol. The Morgan fingerprint density at radius 2 is 2.30 bits per heavy atom. The zero-order valence-electron chi connectivity index (χ0n) is 12.6. The number of nitrogens with one attached hydrogen (secondary N) is 2. The van der Waals surface area contributed by atoms with Crippen molar-refractivity contribution in [3.8, 4) is 0 Å². The SMILES string of the molecule is CC1CCc2c(C(=O)Nc3ccc4oc(=O)[nH]c4c3)csc2C1. The minimum atomic E-state index is -0.496. The van der Waals surface area contributed by atoms with E-state index in [-0.39, 0.29) is 5.91 Å². The molecule has 1 aliphatic rings. The van der Waals surface area contributed by atoms with Crippen LogP contribution in [0.1, 0.15) is 34.1 Å². The number of amides is 1. The standard InChI is InChI=1S/C17H16N2O3S/c1-9-2-4-11-12(8-23-15(11)6-9)16(20)18-10-3-5-14-13(7-10)19-17(21)22-14/h3,5,7-9H,2,4,6H2,1H3,(H,18,20)(H,19,21). The molecule has 1 aliphatic carbocycles. The summed E-state index contributed by atoms with van der Waals surface area (Å²) >= 11 is 1.68. The van der Waals surface area contributed by atoms with Crippen LogP contribution in [-0.2, 0) is 12.8 Å². The summed E-state index contributed by atoms with van der Waals surface area (Å²) in [5.74, 6) is 0.101. The number of carbonyl (C=O) groups is 1. The molecule has 0 saturated carbocycles. The molecule has 0 fully saturated rings. The van der Waals surface area contributed by atoms with Gasteiger partial charge in [-0.25, -0.2) is 4.79 Å². The number of aromatic amines is 1. The van der Waals surface area contributed by atoms with Crippen molar-refractivity contribution in [3.05, 3.63) is 50.1 Å². The van der Waals surface area contributed by atoms with Gasteiger partial charge in [-0.05, 0) is 48.9 Å². The van der Waals surface area contributed by atoms with Crippen molar-refractivity contribution in [1.29, 1.82) is 0 Å². The quantitative estimate of drug-likeness (QED) is 0.755. The Morgan fingerprint density at radius 3 is 3.17 bits per heavy atom. The van der Waals surface area contributed by atoms with Gasteiger partial charge in [0, 0.05) is 15.9 Å². The van der Waals surface area contributed by atoms with E-state index in [2.05, 4.69) is 17.2 Å². The van der Waals surface area contributed by atoms with E-state index in [1.807, 2.05) is 5.38 Å². The summed E-state index contributed by atoms with van der Waals surface area (Å²) in [6, 6.07) is 5.12. The molecule has 0 saturated heterocycles. The lowest BCUT2D eigenvalue weighted by molar-refractivity contribution is 0.102. The molecule has 2 aromatic heterocycles. The summed E-state index contributed by atoms with van der Waals surface area (Å²) in [5.41, 5.74) is 3.67. The second kappa shape index (κ2) is 5.38. The second-order valence-corrected chi connectivity index (χ2v) is 7.04. The number of hydrogen-bond acceptors (Lipinski definition) is 4. The molecular weight excluding hydrogens is 312 g/mol. The van der Waals surface area contributed by atoms with Crippen LogP contribution in [0.4, 0.5) is 5.69 Å². The molecule has 1 aromatic carbocycles. The van der Waals surface area contributed by atoms with E-state index in [0.29, 0.717) is 22.7 Å². The average Bonchev–Trinajstić information content (AvgIpc) is 3.08. The molecule has 0 bridgehead atoms. The first kappa shape index (κ1) is 14.3. The molecule has 5 nitrogen and oxygen atoms in total. The Bertz CT molecular complexity index is 950. The van der Waals surface area contributed by atoms with Gasteiger partial charge in [0.15, 0.2) is 5.58 Å². The number of carbonyl (C=O) groups excluding carboxylic acids is 1. The fourth-order valence-corrected chi connectivity index (χ4v) is 4.34. The zero-order valence-corrected chi connectivity index (χ0v) is 13.5. The Balaban J connectivity index is 1.60. The first-order chi connectivity index (χ1) is 11.1. The van der Waals surface area contributed by atoms with E-state index >= 15 is 0 Å². The summed E-state index contributed by atoms with van der Waals surface area (Å²) in [6.45, 7) is 2.25. The highest BCUT2D eigenvalue weighted by Crippen LogP contribution is 2.33. The maximum atomic E-state index is 12.6. The van der Waals surface area contributed by atoms with E-state index in [9.17, 15) is 9.59 Å². The topological polar surface area (TPSA) is 75.1 Å². The zero-order chi connectivity index (χ0) is 16.0. The van der Waals surface area contributed by atoms with Crippen LogP contribution >= 0.6 is 11.3 Å². The molecule has 4 rings (SSSR count). The molecule has 2 heterocycles. The molecule has 6 heteroatoms. The maximum Gasteiger partial charge on any atom is 0.417 e. The van der Waals surface area contributed by atoms with Crippen LogP contribution in [0.3, 0.4) is 0 Å². The number of hydrogen-bond donors (Lipinski definition) is 2. The number of aromatic nitrogens is 1. The first-order valence-electron chi connectivity index (χ1n) is 7.63. The number of rotatable bonds is 2. The Kier molecular flexibility index (Phi) is 3.34. The molecule has 0 spiro atoms. The predicted molar refractivity (Wildman–Crippen MR) is 90.3 cm³/mol. The van der Waals surface area contributed by atoms with Gasteiger partial charge in [-0.1, -0.05) is 6.92 Å². The van der Waals surface area contributed by atoms with Gasteiger partial charge in [0.25, 0.3) is 5.91 Å². The Labute approximate surface area is 136 Å². The molecule has 0 radical (unpaired) electrons. The third-order valence-electron chi connectivity index (χ3n) is 4.32. The van der Waals surface area contributed by atoms with E-state index < -0.39 is 5.76 Å². The largest absolute Gasteiger partial charge is 0.417 e. The molecule has 23 heavy (non-hydrogen) atoms. The Morgan fingerprint density at radius 1 is 1.43 bits per heavy atom. The monoisotopic (exact) mass is 328 g/mol. The summed E-state index contributed by atoms with van der Waals surface area (Å²) in [5, 5.41) is 4.87. The Hall–Kier alpha value is -2.34. The fourth-order valence-electron chi connectivity index (χ4n) is 3.10. The molecule has 2 N–H and O–H groups in total. The van der Waals surface area contributed by atoms with Crippen LogP contribution in [0.25, 0.3) is 11.1 Å². The van der Waals surface area contributed by atoms with Crippen molar-refractivity contribution >= 4 is 34.0 Å². The predicted octanol–water partition coefficient (Wildman–Crippen LogP) is 3.56. The van der Waals surface area contributed by atoms with E-state index in [1.54, 1.807) is 29.5 Å². The van der Waals surface area contributed by atoms with Crippen molar-refractivity contribution in [1.82, 2.24) is 4.98 Å². The van der Waals surface area contributed by atoms with Gasteiger partial charge in [0.2, 0.25) is 0 Å². The lowest BCUT2D eigenvalue weighted by Gasteiger charge is -2.18. The van der Waals surface area contributed by atoms with Crippen molar-refractivity contribution < 1.29 is 9.21 Å². The minimum Gasteiger partial charge on any atom is -0.408 e.